The lowest BCUT2D eigenvalue weighted by molar-refractivity contribution is -0.141. The first kappa shape index (κ1) is 16.7. The molecule has 0 aliphatic rings. The van der Waals surface area contributed by atoms with Gasteiger partial charge in [0.1, 0.15) is 6.04 Å². The van der Waals surface area contributed by atoms with Crippen molar-refractivity contribution in [3.8, 4) is 0 Å². The van der Waals surface area contributed by atoms with Gasteiger partial charge in [0, 0.05) is 20.3 Å². The summed E-state index contributed by atoms with van der Waals surface area (Å²) in [6, 6.07) is -1.36. The average molecular weight is 260 g/mol. The molecule has 0 heterocycles. The van der Waals surface area contributed by atoms with E-state index in [4.69, 9.17) is 9.84 Å². The Morgan fingerprint density at radius 2 is 1.89 bits per heavy atom. The molecule has 0 saturated heterocycles. The van der Waals surface area contributed by atoms with Crippen LogP contribution < -0.4 is 10.6 Å². The van der Waals surface area contributed by atoms with Crippen molar-refractivity contribution >= 4 is 12.0 Å². The highest BCUT2D eigenvalue weighted by Crippen LogP contribution is 2.19. The molecule has 6 heteroatoms. The third-order valence-corrected chi connectivity index (χ3v) is 2.45. The zero-order chi connectivity index (χ0) is 14.2. The number of unbranched alkanes of at least 4 members (excludes halogenated alkanes) is 1. The number of methoxy groups -OCH3 is 1. The summed E-state index contributed by atoms with van der Waals surface area (Å²) < 4.78 is 4.88. The monoisotopic (exact) mass is 260 g/mol. The van der Waals surface area contributed by atoms with Gasteiger partial charge in [-0.2, -0.15) is 0 Å². The highest BCUT2D eigenvalue weighted by atomic mass is 16.5. The van der Waals surface area contributed by atoms with Gasteiger partial charge in [0.15, 0.2) is 0 Å². The Bertz CT molecular complexity index is 274. The van der Waals surface area contributed by atoms with Gasteiger partial charge in [0.25, 0.3) is 0 Å². The largest absolute Gasteiger partial charge is 0.480 e. The van der Waals surface area contributed by atoms with Crippen LogP contribution in [0.25, 0.3) is 0 Å². The van der Waals surface area contributed by atoms with E-state index < -0.39 is 23.5 Å². The summed E-state index contributed by atoms with van der Waals surface area (Å²) in [5.41, 5.74) is -0.529. The number of urea groups is 1. The van der Waals surface area contributed by atoms with Crippen LogP contribution in [-0.4, -0.2) is 43.4 Å². The van der Waals surface area contributed by atoms with E-state index in [9.17, 15) is 9.59 Å². The Hall–Kier alpha value is -1.30. The summed E-state index contributed by atoms with van der Waals surface area (Å²) in [4.78, 5) is 22.6. The standard InChI is InChI=1S/C12H24N2O4/c1-12(2,3)9(10(15)16)14-11(17)13-7-5-6-8-18-4/h9H,5-8H2,1-4H3,(H,15,16)(H2,13,14,17)/t9-/m0/s1. The molecule has 0 aliphatic carbocycles. The van der Waals surface area contributed by atoms with Gasteiger partial charge in [-0.1, -0.05) is 20.8 Å². The summed E-state index contributed by atoms with van der Waals surface area (Å²) in [6.45, 7) is 6.47. The lowest BCUT2D eigenvalue weighted by atomic mass is 9.87. The molecule has 106 valence electrons. The van der Waals surface area contributed by atoms with Crippen molar-refractivity contribution in [1.29, 1.82) is 0 Å². The lowest BCUT2D eigenvalue weighted by Gasteiger charge is -2.27. The number of ether oxygens (including phenoxy) is 1. The summed E-state index contributed by atoms with van der Waals surface area (Å²) in [7, 11) is 1.63. The van der Waals surface area contributed by atoms with Crippen LogP contribution in [0.3, 0.4) is 0 Å². The number of carbonyl (C=O) groups excluding carboxylic acids is 1. The van der Waals surface area contributed by atoms with Gasteiger partial charge in [-0.15, -0.1) is 0 Å². The van der Waals surface area contributed by atoms with Gasteiger partial charge >= 0.3 is 12.0 Å². The molecular formula is C12H24N2O4. The SMILES string of the molecule is COCCCCNC(=O)N[C@@H](C(=O)O)C(C)(C)C. The van der Waals surface area contributed by atoms with E-state index in [1.54, 1.807) is 27.9 Å². The van der Waals surface area contributed by atoms with Crippen molar-refractivity contribution in [3.63, 3.8) is 0 Å². The zero-order valence-electron chi connectivity index (χ0n) is 11.6. The summed E-state index contributed by atoms with van der Waals surface area (Å²) in [5.74, 6) is -1.03. The fourth-order valence-corrected chi connectivity index (χ4v) is 1.40. The fourth-order valence-electron chi connectivity index (χ4n) is 1.40. The Morgan fingerprint density at radius 3 is 2.33 bits per heavy atom. The average Bonchev–Trinajstić information content (AvgIpc) is 2.23. The maximum Gasteiger partial charge on any atom is 0.326 e. The number of carboxylic acids is 1. The molecule has 1 atom stereocenters. The second-order valence-electron chi connectivity index (χ2n) is 5.24. The normalized spacial score (nSPS) is 12.9. The zero-order valence-corrected chi connectivity index (χ0v) is 11.6. The number of nitrogens with one attached hydrogen (secondary N) is 2. The van der Waals surface area contributed by atoms with E-state index in [1.165, 1.54) is 0 Å². The van der Waals surface area contributed by atoms with Gasteiger partial charge in [0.05, 0.1) is 0 Å². The van der Waals surface area contributed by atoms with Gasteiger partial charge in [-0.3, -0.25) is 0 Å². The molecule has 0 aliphatic heterocycles. The molecule has 0 unspecified atom stereocenters. The molecule has 0 aromatic rings. The minimum Gasteiger partial charge on any atom is -0.480 e. The lowest BCUT2D eigenvalue weighted by Crippen LogP contribution is -2.52. The summed E-state index contributed by atoms with van der Waals surface area (Å²) in [5, 5.41) is 14.1. The second kappa shape index (κ2) is 7.92. The van der Waals surface area contributed by atoms with E-state index in [2.05, 4.69) is 10.6 Å². The molecular weight excluding hydrogens is 236 g/mol. The molecule has 0 saturated carbocycles. The van der Waals surface area contributed by atoms with Crippen LogP contribution in [0.4, 0.5) is 4.79 Å². The van der Waals surface area contributed by atoms with E-state index in [0.29, 0.717) is 13.2 Å². The first-order valence-corrected chi connectivity index (χ1v) is 6.05. The fraction of sp³-hybridized carbons (Fsp3) is 0.833. The van der Waals surface area contributed by atoms with Crippen LogP contribution in [0, 0.1) is 5.41 Å². The minimum absolute atomic E-state index is 0.449. The molecule has 6 nitrogen and oxygen atoms in total. The van der Waals surface area contributed by atoms with Gasteiger partial charge in [-0.25, -0.2) is 9.59 Å². The number of rotatable bonds is 7. The smallest absolute Gasteiger partial charge is 0.326 e. The van der Waals surface area contributed by atoms with Gasteiger partial charge in [-0.05, 0) is 18.3 Å². The maximum absolute atomic E-state index is 11.5. The Morgan fingerprint density at radius 1 is 1.28 bits per heavy atom. The number of hydrogen-bond acceptors (Lipinski definition) is 3. The third kappa shape index (κ3) is 7.11. The predicted molar refractivity (Wildman–Crippen MR) is 68.5 cm³/mol. The van der Waals surface area contributed by atoms with Crippen molar-refractivity contribution in [2.24, 2.45) is 5.41 Å². The van der Waals surface area contributed by atoms with E-state index >= 15 is 0 Å². The maximum atomic E-state index is 11.5. The number of hydrogen-bond donors (Lipinski definition) is 3. The highest BCUT2D eigenvalue weighted by molar-refractivity contribution is 5.83. The predicted octanol–water partition coefficient (Wildman–Crippen LogP) is 1.21. The van der Waals surface area contributed by atoms with Crippen LogP contribution in [0.15, 0.2) is 0 Å². The van der Waals surface area contributed by atoms with Crippen LogP contribution in [0.1, 0.15) is 33.6 Å². The van der Waals surface area contributed by atoms with Gasteiger partial charge in [0.2, 0.25) is 0 Å². The van der Waals surface area contributed by atoms with Crippen molar-refractivity contribution in [3.05, 3.63) is 0 Å². The van der Waals surface area contributed by atoms with Crippen LogP contribution in [0.5, 0.6) is 0 Å². The molecule has 0 radical (unpaired) electrons. The summed E-state index contributed by atoms with van der Waals surface area (Å²) in [6.07, 6.45) is 1.66. The van der Waals surface area contributed by atoms with Crippen molar-refractivity contribution in [2.75, 3.05) is 20.3 Å². The van der Waals surface area contributed by atoms with E-state index in [0.717, 1.165) is 12.8 Å². The summed E-state index contributed by atoms with van der Waals surface area (Å²) >= 11 is 0. The molecule has 2 amide bonds. The molecule has 0 aromatic heterocycles. The third-order valence-electron chi connectivity index (χ3n) is 2.45. The molecule has 18 heavy (non-hydrogen) atoms. The second-order valence-corrected chi connectivity index (χ2v) is 5.24. The van der Waals surface area contributed by atoms with Crippen molar-refractivity contribution in [1.82, 2.24) is 10.6 Å². The highest BCUT2D eigenvalue weighted by Gasteiger charge is 2.32. The van der Waals surface area contributed by atoms with E-state index in [1.807, 2.05) is 0 Å². The molecule has 0 fully saturated rings. The number of aliphatic carboxylic acids is 1. The molecule has 0 rings (SSSR count). The Kier molecular flexibility index (Phi) is 7.35. The van der Waals surface area contributed by atoms with Crippen LogP contribution in [0.2, 0.25) is 0 Å². The first-order valence-electron chi connectivity index (χ1n) is 6.05. The van der Waals surface area contributed by atoms with Crippen LogP contribution in [-0.2, 0) is 9.53 Å². The molecule has 0 spiro atoms. The number of carboxylic acid groups (broad SMARTS) is 1. The Balaban J connectivity index is 4.01. The van der Waals surface area contributed by atoms with Crippen molar-refractivity contribution in [2.45, 2.75) is 39.7 Å². The number of amides is 2. The quantitative estimate of drug-likeness (QED) is 0.600. The minimum atomic E-state index is -1.03. The first-order chi connectivity index (χ1) is 8.29. The molecule has 0 bridgehead atoms. The van der Waals surface area contributed by atoms with E-state index in [-0.39, 0.29) is 0 Å². The van der Waals surface area contributed by atoms with Gasteiger partial charge < -0.3 is 20.5 Å². The number of carbonyl (C=O) groups is 2. The topological polar surface area (TPSA) is 87.7 Å². The van der Waals surface area contributed by atoms with Crippen molar-refractivity contribution < 1.29 is 19.4 Å². The van der Waals surface area contributed by atoms with Crippen LogP contribution >= 0.6 is 0 Å². The molecule has 0 aromatic carbocycles. The Labute approximate surface area is 108 Å². The molecule has 3 N–H and O–H groups in total.